The summed E-state index contributed by atoms with van der Waals surface area (Å²) in [6.45, 7) is 0.321. The first-order chi connectivity index (χ1) is 10.7. The summed E-state index contributed by atoms with van der Waals surface area (Å²) in [5.41, 5.74) is 1.58. The second-order valence-corrected chi connectivity index (χ2v) is 4.80. The molecule has 1 heterocycles. The number of amides is 1. The van der Waals surface area contributed by atoms with Crippen LogP contribution in [0.15, 0.2) is 60.6 Å². The first kappa shape index (κ1) is 15.5. The normalized spacial score (nSPS) is 10.6. The third kappa shape index (κ3) is 4.62. The van der Waals surface area contributed by atoms with Gasteiger partial charge >= 0.3 is 0 Å². The quantitative estimate of drug-likeness (QED) is 0.657. The monoisotopic (exact) mass is 312 g/mol. The first-order valence-corrected chi connectivity index (χ1v) is 6.86. The van der Waals surface area contributed by atoms with Crippen molar-refractivity contribution in [2.24, 2.45) is 0 Å². The number of pyridine rings is 1. The molecule has 0 aliphatic heterocycles. The Morgan fingerprint density at radius 2 is 2.09 bits per heavy atom. The molecule has 1 amide bonds. The molecule has 5 nitrogen and oxygen atoms in total. The largest absolute Gasteiger partial charge is 0.359 e. The highest BCUT2D eigenvalue weighted by Gasteiger charge is 2.08. The van der Waals surface area contributed by atoms with E-state index in [1.165, 1.54) is 6.20 Å². The average Bonchev–Trinajstić information content (AvgIpc) is 2.56. The van der Waals surface area contributed by atoms with Crippen LogP contribution in [-0.4, -0.2) is 10.9 Å². The van der Waals surface area contributed by atoms with E-state index in [2.05, 4.69) is 15.6 Å². The van der Waals surface area contributed by atoms with Gasteiger partial charge in [0.25, 0.3) is 5.91 Å². The van der Waals surface area contributed by atoms with Crippen LogP contribution >= 0.6 is 11.6 Å². The zero-order chi connectivity index (χ0) is 15.8. The van der Waals surface area contributed by atoms with Crippen molar-refractivity contribution in [3.63, 3.8) is 0 Å². The van der Waals surface area contributed by atoms with Gasteiger partial charge in [0.15, 0.2) is 0 Å². The highest BCUT2D eigenvalue weighted by atomic mass is 35.5. The third-order valence-corrected chi connectivity index (χ3v) is 3.03. The molecular weight excluding hydrogens is 300 g/mol. The lowest BCUT2D eigenvalue weighted by Crippen LogP contribution is -2.24. The minimum atomic E-state index is -0.450. The minimum Gasteiger partial charge on any atom is -0.359 e. The number of anilines is 1. The van der Waals surface area contributed by atoms with Crippen molar-refractivity contribution in [1.82, 2.24) is 10.3 Å². The van der Waals surface area contributed by atoms with E-state index in [1.54, 1.807) is 36.7 Å². The number of halogens is 1. The lowest BCUT2D eigenvalue weighted by Gasteiger charge is -2.05. The van der Waals surface area contributed by atoms with Gasteiger partial charge in [-0.05, 0) is 29.8 Å². The van der Waals surface area contributed by atoms with E-state index < -0.39 is 5.91 Å². The Labute approximate surface area is 133 Å². The van der Waals surface area contributed by atoms with Gasteiger partial charge in [-0.2, -0.15) is 5.26 Å². The predicted molar refractivity (Wildman–Crippen MR) is 84.9 cm³/mol. The molecule has 22 heavy (non-hydrogen) atoms. The molecule has 2 rings (SSSR count). The maximum Gasteiger partial charge on any atom is 0.263 e. The fourth-order valence-electron chi connectivity index (χ4n) is 1.63. The molecule has 110 valence electrons. The van der Waals surface area contributed by atoms with Crippen molar-refractivity contribution in [1.29, 1.82) is 5.26 Å². The number of hydrogen-bond acceptors (Lipinski definition) is 4. The zero-order valence-corrected chi connectivity index (χ0v) is 12.3. The van der Waals surface area contributed by atoms with Crippen LogP contribution in [0.4, 0.5) is 5.69 Å². The van der Waals surface area contributed by atoms with E-state index in [0.29, 0.717) is 17.3 Å². The number of nitrogens with zero attached hydrogens (tertiary/aromatic N) is 2. The Hall–Kier alpha value is -2.84. The van der Waals surface area contributed by atoms with Crippen LogP contribution in [0.5, 0.6) is 0 Å². The van der Waals surface area contributed by atoms with Gasteiger partial charge in [0.05, 0.1) is 11.9 Å². The highest BCUT2D eigenvalue weighted by molar-refractivity contribution is 6.30. The molecule has 1 aromatic heterocycles. The summed E-state index contributed by atoms with van der Waals surface area (Å²) < 4.78 is 0. The fourth-order valence-corrected chi connectivity index (χ4v) is 1.76. The van der Waals surface area contributed by atoms with Crippen LogP contribution in [-0.2, 0) is 11.3 Å². The van der Waals surface area contributed by atoms with E-state index in [1.807, 2.05) is 18.2 Å². The van der Waals surface area contributed by atoms with Gasteiger partial charge in [-0.25, -0.2) is 0 Å². The topological polar surface area (TPSA) is 77.8 Å². The molecule has 0 bridgehead atoms. The molecule has 0 aliphatic rings. The summed E-state index contributed by atoms with van der Waals surface area (Å²) in [5, 5.41) is 15.2. The van der Waals surface area contributed by atoms with Crippen molar-refractivity contribution in [2.75, 3.05) is 5.32 Å². The van der Waals surface area contributed by atoms with Crippen molar-refractivity contribution in [3.05, 3.63) is 71.2 Å². The molecule has 0 radical (unpaired) electrons. The lowest BCUT2D eigenvalue weighted by atomic mass is 10.2. The molecule has 0 spiro atoms. The smallest absolute Gasteiger partial charge is 0.263 e. The van der Waals surface area contributed by atoms with Crippen LogP contribution in [0.3, 0.4) is 0 Å². The lowest BCUT2D eigenvalue weighted by molar-refractivity contribution is -0.117. The number of benzene rings is 1. The Bertz CT molecular complexity index is 705. The molecular formula is C16H13ClN4O. The van der Waals surface area contributed by atoms with Gasteiger partial charge in [-0.1, -0.05) is 23.7 Å². The molecule has 2 N–H and O–H groups in total. The Morgan fingerprint density at radius 1 is 1.32 bits per heavy atom. The molecule has 2 aromatic rings. The second-order valence-electron chi connectivity index (χ2n) is 4.36. The molecule has 0 unspecified atom stereocenters. The number of rotatable bonds is 5. The molecule has 0 saturated heterocycles. The molecule has 0 aliphatic carbocycles. The number of carbonyl (C=O) groups excluding carboxylic acids is 1. The number of nitrogens with one attached hydrogen (secondary N) is 2. The van der Waals surface area contributed by atoms with E-state index in [-0.39, 0.29) is 5.57 Å². The van der Waals surface area contributed by atoms with Gasteiger partial charge in [0.2, 0.25) is 0 Å². The maximum absolute atomic E-state index is 12.0. The number of aromatic nitrogens is 1. The first-order valence-electron chi connectivity index (χ1n) is 6.48. The fraction of sp³-hybridized carbons (Fsp3) is 0.0625. The Balaban J connectivity index is 1.94. The maximum atomic E-state index is 12.0. The van der Waals surface area contributed by atoms with E-state index in [0.717, 1.165) is 5.56 Å². The van der Waals surface area contributed by atoms with E-state index in [4.69, 9.17) is 16.9 Å². The van der Waals surface area contributed by atoms with Gasteiger partial charge < -0.3 is 10.6 Å². The van der Waals surface area contributed by atoms with Gasteiger partial charge in [-0.3, -0.25) is 9.78 Å². The standard InChI is InChI=1S/C16H13ClN4O/c17-14-5-3-12(4-6-14)9-21-16(22)13(8-18)10-20-15-2-1-7-19-11-15/h1-7,10-11,20H,9H2,(H,21,22)/b13-10-. The average molecular weight is 313 g/mol. The van der Waals surface area contributed by atoms with Crippen molar-refractivity contribution in [3.8, 4) is 6.07 Å². The molecule has 6 heteroatoms. The van der Waals surface area contributed by atoms with Crippen LogP contribution in [0.1, 0.15) is 5.56 Å². The summed E-state index contributed by atoms with van der Waals surface area (Å²) in [5.74, 6) is -0.450. The third-order valence-electron chi connectivity index (χ3n) is 2.78. The molecule has 1 aromatic carbocycles. The summed E-state index contributed by atoms with van der Waals surface area (Å²) in [6.07, 6.45) is 4.59. The molecule has 0 fully saturated rings. The van der Waals surface area contributed by atoms with Gasteiger partial charge in [-0.15, -0.1) is 0 Å². The van der Waals surface area contributed by atoms with Crippen LogP contribution in [0.25, 0.3) is 0 Å². The number of nitriles is 1. The zero-order valence-electron chi connectivity index (χ0n) is 11.6. The van der Waals surface area contributed by atoms with Crippen molar-refractivity contribution >= 4 is 23.2 Å². The Morgan fingerprint density at radius 3 is 2.73 bits per heavy atom. The van der Waals surface area contributed by atoms with Crippen molar-refractivity contribution in [2.45, 2.75) is 6.54 Å². The van der Waals surface area contributed by atoms with Crippen molar-refractivity contribution < 1.29 is 4.79 Å². The van der Waals surface area contributed by atoms with Crippen LogP contribution < -0.4 is 10.6 Å². The molecule has 0 saturated carbocycles. The number of hydrogen-bond donors (Lipinski definition) is 2. The minimum absolute atomic E-state index is 0.0159. The van der Waals surface area contributed by atoms with E-state index in [9.17, 15) is 4.79 Å². The highest BCUT2D eigenvalue weighted by Crippen LogP contribution is 2.09. The number of carbonyl (C=O) groups is 1. The van der Waals surface area contributed by atoms with Gasteiger partial charge in [0.1, 0.15) is 11.6 Å². The predicted octanol–water partition coefficient (Wildman–Crippen LogP) is 2.87. The molecule has 0 atom stereocenters. The summed E-state index contributed by atoms with van der Waals surface area (Å²) >= 11 is 5.79. The van der Waals surface area contributed by atoms with E-state index >= 15 is 0 Å². The Kier molecular flexibility index (Phi) is 5.52. The second kappa shape index (κ2) is 7.81. The summed E-state index contributed by atoms with van der Waals surface area (Å²) in [4.78, 5) is 15.9. The summed E-state index contributed by atoms with van der Waals surface area (Å²) in [6, 6.07) is 12.5. The summed E-state index contributed by atoms with van der Waals surface area (Å²) in [7, 11) is 0. The van der Waals surface area contributed by atoms with Gasteiger partial charge in [0, 0.05) is 24.0 Å². The van der Waals surface area contributed by atoms with Crippen LogP contribution in [0, 0.1) is 11.3 Å². The van der Waals surface area contributed by atoms with Crippen LogP contribution in [0.2, 0.25) is 5.02 Å². The SMILES string of the molecule is N#C/C(=C/Nc1cccnc1)C(=O)NCc1ccc(Cl)cc1.